The number of amides is 3. The third-order valence-corrected chi connectivity index (χ3v) is 6.82. The summed E-state index contributed by atoms with van der Waals surface area (Å²) in [6, 6.07) is 15.3. The van der Waals surface area contributed by atoms with E-state index in [0.29, 0.717) is 44.9 Å². The number of ether oxygens (including phenoxy) is 1. The first-order valence-electron chi connectivity index (χ1n) is 11.3. The van der Waals surface area contributed by atoms with E-state index in [4.69, 9.17) is 4.74 Å². The summed E-state index contributed by atoms with van der Waals surface area (Å²) < 4.78 is 5.10. The van der Waals surface area contributed by atoms with Gasteiger partial charge in [0.05, 0.1) is 18.6 Å². The van der Waals surface area contributed by atoms with Crippen molar-refractivity contribution in [1.29, 1.82) is 0 Å². The van der Waals surface area contributed by atoms with Crippen molar-refractivity contribution in [2.24, 2.45) is 0 Å². The highest BCUT2D eigenvalue weighted by atomic mass is 16.6. The average Bonchev–Trinajstić information content (AvgIpc) is 2.84. The first-order chi connectivity index (χ1) is 15.6. The van der Waals surface area contributed by atoms with Crippen LogP contribution in [0.1, 0.15) is 45.9 Å². The van der Waals surface area contributed by atoms with E-state index in [1.165, 1.54) is 5.56 Å². The summed E-state index contributed by atoms with van der Waals surface area (Å²) in [5, 5.41) is 0. The van der Waals surface area contributed by atoms with Gasteiger partial charge in [-0.3, -0.25) is 9.59 Å². The van der Waals surface area contributed by atoms with Crippen LogP contribution in [0.25, 0.3) is 0 Å². The molecule has 2 aromatic rings. The molecule has 3 aliphatic rings. The standard InChI is InChI=1S/C25H27N3O4/c1-2-32-25(31)27-15-13-26(14-16-27)24(30)21-19-9-5-6-10-20(19)23(29)28-12-11-17-7-3-4-8-18(17)22(21)28/h3-10,21-22H,2,11-16H2,1H3/t21-,22+/m1/s1. The Labute approximate surface area is 187 Å². The Kier molecular flexibility index (Phi) is 5.33. The van der Waals surface area contributed by atoms with Gasteiger partial charge in [-0.2, -0.15) is 0 Å². The molecule has 0 radical (unpaired) electrons. The molecular formula is C25H27N3O4. The van der Waals surface area contributed by atoms with E-state index in [9.17, 15) is 14.4 Å². The lowest BCUT2D eigenvalue weighted by Gasteiger charge is -2.47. The van der Waals surface area contributed by atoms with Gasteiger partial charge < -0.3 is 19.4 Å². The van der Waals surface area contributed by atoms with E-state index in [-0.39, 0.29) is 23.9 Å². The second-order valence-corrected chi connectivity index (χ2v) is 8.47. The molecule has 1 fully saturated rings. The van der Waals surface area contributed by atoms with E-state index in [1.54, 1.807) is 11.8 Å². The van der Waals surface area contributed by atoms with Gasteiger partial charge in [-0.1, -0.05) is 42.5 Å². The zero-order chi connectivity index (χ0) is 22.2. The molecule has 0 N–H and O–H groups in total. The van der Waals surface area contributed by atoms with E-state index in [2.05, 4.69) is 6.07 Å². The van der Waals surface area contributed by atoms with Crippen LogP contribution in [0.3, 0.4) is 0 Å². The molecule has 3 aliphatic heterocycles. The van der Waals surface area contributed by atoms with E-state index >= 15 is 0 Å². The number of piperazine rings is 1. The Bertz CT molecular complexity index is 1060. The average molecular weight is 434 g/mol. The van der Waals surface area contributed by atoms with Gasteiger partial charge in [0.25, 0.3) is 5.91 Å². The minimum absolute atomic E-state index is 0.00344. The van der Waals surface area contributed by atoms with Gasteiger partial charge in [0.2, 0.25) is 5.91 Å². The van der Waals surface area contributed by atoms with Gasteiger partial charge in [0.15, 0.2) is 0 Å². The molecule has 7 nitrogen and oxygen atoms in total. The Morgan fingerprint density at radius 3 is 2.31 bits per heavy atom. The number of carbonyl (C=O) groups excluding carboxylic acids is 3. The van der Waals surface area contributed by atoms with Gasteiger partial charge in [-0.05, 0) is 36.1 Å². The number of carbonyl (C=O) groups is 3. The molecule has 166 valence electrons. The zero-order valence-electron chi connectivity index (χ0n) is 18.2. The summed E-state index contributed by atoms with van der Waals surface area (Å²) in [7, 11) is 0. The maximum atomic E-state index is 13.9. The van der Waals surface area contributed by atoms with Gasteiger partial charge in [-0.25, -0.2) is 4.79 Å². The Balaban J connectivity index is 1.49. The fourth-order valence-corrected chi connectivity index (χ4v) is 5.26. The molecule has 3 heterocycles. The highest BCUT2D eigenvalue weighted by Crippen LogP contribution is 2.46. The number of benzene rings is 2. The van der Waals surface area contributed by atoms with Crippen molar-refractivity contribution >= 4 is 17.9 Å². The molecule has 0 unspecified atom stereocenters. The van der Waals surface area contributed by atoms with Gasteiger partial charge in [0.1, 0.15) is 0 Å². The normalized spacial score (nSPS) is 22.0. The van der Waals surface area contributed by atoms with E-state index in [0.717, 1.165) is 17.5 Å². The van der Waals surface area contributed by atoms with E-state index < -0.39 is 5.92 Å². The lowest BCUT2D eigenvalue weighted by Crippen LogP contribution is -2.55. The highest BCUT2D eigenvalue weighted by Gasteiger charge is 2.47. The molecule has 1 saturated heterocycles. The Morgan fingerprint density at radius 2 is 1.56 bits per heavy atom. The molecule has 0 bridgehead atoms. The lowest BCUT2D eigenvalue weighted by atomic mass is 9.75. The second-order valence-electron chi connectivity index (χ2n) is 8.47. The highest BCUT2D eigenvalue weighted by molar-refractivity contribution is 6.01. The fourth-order valence-electron chi connectivity index (χ4n) is 5.26. The molecule has 5 rings (SSSR count). The number of hydrogen-bond acceptors (Lipinski definition) is 4. The van der Waals surface area contributed by atoms with Gasteiger partial charge in [0, 0.05) is 38.3 Å². The zero-order valence-corrected chi connectivity index (χ0v) is 18.2. The molecule has 2 aromatic carbocycles. The van der Waals surface area contributed by atoms with Crippen LogP contribution in [0.5, 0.6) is 0 Å². The number of fused-ring (bicyclic) bond motifs is 4. The van der Waals surface area contributed by atoms with Crippen LogP contribution in [0.2, 0.25) is 0 Å². The summed E-state index contributed by atoms with van der Waals surface area (Å²) in [4.78, 5) is 44.7. The maximum absolute atomic E-state index is 13.9. The number of nitrogens with zero attached hydrogens (tertiary/aromatic N) is 3. The molecule has 2 atom stereocenters. The lowest BCUT2D eigenvalue weighted by molar-refractivity contribution is -0.136. The summed E-state index contributed by atoms with van der Waals surface area (Å²) in [5.41, 5.74) is 3.68. The van der Waals surface area contributed by atoms with Crippen LogP contribution in [-0.4, -0.2) is 71.9 Å². The molecule has 32 heavy (non-hydrogen) atoms. The van der Waals surface area contributed by atoms with Crippen LogP contribution in [0, 0.1) is 0 Å². The molecular weight excluding hydrogens is 406 g/mol. The molecule has 0 aromatic heterocycles. The SMILES string of the molecule is CCOC(=O)N1CCN(C(=O)[C@@H]2c3ccccc3C(=O)N3CCc4ccccc4[C@@H]23)CC1. The van der Waals surface area contributed by atoms with Crippen molar-refractivity contribution in [3.05, 3.63) is 70.8 Å². The Morgan fingerprint density at radius 1 is 0.906 bits per heavy atom. The summed E-state index contributed by atoms with van der Waals surface area (Å²) in [5.74, 6) is -0.448. The van der Waals surface area contributed by atoms with Gasteiger partial charge in [-0.15, -0.1) is 0 Å². The molecule has 7 heteroatoms. The third kappa shape index (κ3) is 3.32. The van der Waals surface area contributed by atoms with Crippen LogP contribution in [-0.2, 0) is 16.0 Å². The summed E-state index contributed by atoms with van der Waals surface area (Å²) in [6.07, 6.45) is 0.459. The molecule has 0 spiro atoms. The van der Waals surface area contributed by atoms with Crippen molar-refractivity contribution in [2.75, 3.05) is 39.3 Å². The summed E-state index contributed by atoms with van der Waals surface area (Å²) >= 11 is 0. The van der Waals surface area contributed by atoms with Crippen LogP contribution in [0.4, 0.5) is 4.79 Å². The topological polar surface area (TPSA) is 70.2 Å². The van der Waals surface area contributed by atoms with Gasteiger partial charge >= 0.3 is 6.09 Å². The van der Waals surface area contributed by atoms with Crippen LogP contribution < -0.4 is 0 Å². The molecule has 0 saturated carbocycles. The molecule has 0 aliphatic carbocycles. The quantitative estimate of drug-likeness (QED) is 0.730. The fraction of sp³-hybridized carbons (Fsp3) is 0.400. The van der Waals surface area contributed by atoms with Crippen molar-refractivity contribution in [1.82, 2.24) is 14.7 Å². The predicted octanol–water partition coefficient (Wildman–Crippen LogP) is 2.82. The minimum atomic E-state index is -0.459. The largest absolute Gasteiger partial charge is 0.450 e. The minimum Gasteiger partial charge on any atom is -0.450 e. The monoisotopic (exact) mass is 433 g/mol. The van der Waals surface area contributed by atoms with Crippen molar-refractivity contribution in [2.45, 2.75) is 25.3 Å². The van der Waals surface area contributed by atoms with E-state index in [1.807, 2.05) is 52.3 Å². The van der Waals surface area contributed by atoms with Crippen LogP contribution >= 0.6 is 0 Å². The van der Waals surface area contributed by atoms with Crippen molar-refractivity contribution < 1.29 is 19.1 Å². The maximum Gasteiger partial charge on any atom is 0.409 e. The Hall–Kier alpha value is -3.35. The van der Waals surface area contributed by atoms with Crippen LogP contribution in [0.15, 0.2) is 48.5 Å². The summed E-state index contributed by atoms with van der Waals surface area (Å²) in [6.45, 7) is 4.53. The number of rotatable bonds is 2. The first kappa shape index (κ1) is 20.5. The van der Waals surface area contributed by atoms with Crippen molar-refractivity contribution in [3.63, 3.8) is 0 Å². The van der Waals surface area contributed by atoms with Crippen molar-refractivity contribution in [3.8, 4) is 0 Å². The molecule has 3 amide bonds. The second kappa shape index (κ2) is 8.30. The predicted molar refractivity (Wildman–Crippen MR) is 118 cm³/mol. The number of hydrogen-bond donors (Lipinski definition) is 0. The third-order valence-electron chi connectivity index (χ3n) is 6.82. The smallest absolute Gasteiger partial charge is 0.409 e. The first-order valence-corrected chi connectivity index (χ1v) is 11.3.